The molecule has 0 N–H and O–H groups in total. The average Bonchev–Trinajstić information content (AvgIpc) is 2.94. The first kappa shape index (κ1) is 15.3. The van der Waals surface area contributed by atoms with E-state index in [2.05, 4.69) is 11.7 Å². The van der Waals surface area contributed by atoms with E-state index in [1.54, 1.807) is 18.2 Å². The van der Waals surface area contributed by atoms with E-state index in [4.69, 9.17) is 0 Å². The van der Waals surface area contributed by atoms with E-state index in [9.17, 15) is 9.18 Å². The number of benzene rings is 2. The van der Waals surface area contributed by atoms with Gasteiger partial charge in [0.05, 0.1) is 17.6 Å². The van der Waals surface area contributed by atoms with Gasteiger partial charge in [0.15, 0.2) is 0 Å². The van der Waals surface area contributed by atoms with E-state index in [0.717, 1.165) is 16.5 Å². The fraction of sp³-hybridized carbons (Fsp3) is 0.100. The highest BCUT2D eigenvalue weighted by Crippen LogP contribution is 2.27. The lowest BCUT2D eigenvalue weighted by atomic mass is 10.1. The molecule has 0 fully saturated rings. The van der Waals surface area contributed by atoms with Crippen LogP contribution in [0.25, 0.3) is 22.2 Å². The Hall–Kier alpha value is -3.21. The van der Waals surface area contributed by atoms with Crippen molar-refractivity contribution in [2.24, 2.45) is 0 Å². The third kappa shape index (κ3) is 2.63. The third-order valence-electron chi connectivity index (χ3n) is 4.26. The zero-order valence-corrected chi connectivity index (χ0v) is 13.5. The van der Waals surface area contributed by atoms with Crippen LogP contribution in [0.15, 0.2) is 72.2 Å². The summed E-state index contributed by atoms with van der Waals surface area (Å²) in [5.41, 5.74) is 3.07. The molecule has 2 aromatic carbocycles. The van der Waals surface area contributed by atoms with E-state index < -0.39 is 0 Å². The summed E-state index contributed by atoms with van der Waals surface area (Å²) >= 11 is 0. The predicted octanol–water partition coefficient (Wildman–Crippen LogP) is 3.68. The zero-order valence-electron chi connectivity index (χ0n) is 13.5. The summed E-state index contributed by atoms with van der Waals surface area (Å²) in [5.74, 6) is -0.262. The molecular weight excluding hydrogens is 317 g/mol. The summed E-state index contributed by atoms with van der Waals surface area (Å²) in [6.45, 7) is 4.59. The topological polar surface area (TPSA) is 39.8 Å². The smallest absolute Gasteiger partial charge is 0.278 e. The molecule has 25 heavy (non-hydrogen) atoms. The Balaban J connectivity index is 1.94. The summed E-state index contributed by atoms with van der Waals surface area (Å²) in [5, 5.41) is 5.38. The number of halogens is 1. The summed E-state index contributed by atoms with van der Waals surface area (Å²) < 4.78 is 16.6. The molecule has 2 aliphatic rings. The van der Waals surface area contributed by atoms with Gasteiger partial charge in [-0.1, -0.05) is 36.4 Å². The monoisotopic (exact) mass is 333 g/mol. The van der Waals surface area contributed by atoms with Crippen molar-refractivity contribution in [3.63, 3.8) is 0 Å². The molecule has 2 heterocycles. The molecule has 0 spiro atoms. The first-order chi connectivity index (χ1) is 12.2. The minimum absolute atomic E-state index is 0.131. The molecule has 0 aromatic heterocycles. The average molecular weight is 333 g/mol. The summed E-state index contributed by atoms with van der Waals surface area (Å²) in [6.07, 6.45) is 3.48. The van der Waals surface area contributed by atoms with E-state index in [-0.39, 0.29) is 11.4 Å². The van der Waals surface area contributed by atoms with Gasteiger partial charge in [-0.3, -0.25) is 4.79 Å². The van der Waals surface area contributed by atoms with Gasteiger partial charge in [-0.05, 0) is 23.8 Å². The lowest BCUT2D eigenvalue weighted by Gasteiger charge is -2.13. The fourth-order valence-electron chi connectivity index (χ4n) is 3.09. The van der Waals surface area contributed by atoms with E-state index >= 15 is 0 Å². The van der Waals surface area contributed by atoms with Crippen LogP contribution in [-0.4, -0.2) is 14.3 Å². The molecule has 4 nitrogen and oxygen atoms in total. The number of rotatable bonds is 4. The molecule has 0 saturated heterocycles. The van der Waals surface area contributed by atoms with Crippen LogP contribution in [0.2, 0.25) is 0 Å². The number of fused-ring (bicyclic) bond motifs is 3. The van der Waals surface area contributed by atoms with Crippen molar-refractivity contribution in [2.75, 3.05) is 0 Å². The number of pyridine rings is 1. The molecule has 124 valence electrons. The quantitative estimate of drug-likeness (QED) is 0.535. The highest BCUT2D eigenvalue weighted by molar-refractivity contribution is 5.93. The van der Waals surface area contributed by atoms with Crippen LogP contribution in [0, 0.1) is 5.82 Å². The van der Waals surface area contributed by atoms with Crippen LogP contribution in [0.4, 0.5) is 4.39 Å². The van der Waals surface area contributed by atoms with Crippen LogP contribution < -0.4 is 5.56 Å². The second kappa shape index (κ2) is 6.02. The predicted molar refractivity (Wildman–Crippen MR) is 96.3 cm³/mol. The molecule has 5 heteroatoms. The molecule has 4 rings (SSSR count). The Kier molecular flexibility index (Phi) is 3.69. The van der Waals surface area contributed by atoms with Crippen LogP contribution in [0.3, 0.4) is 0 Å². The lowest BCUT2D eigenvalue weighted by molar-refractivity contribution is 0.626. The van der Waals surface area contributed by atoms with E-state index in [1.807, 2.05) is 35.0 Å². The number of para-hydroxylation sites is 1. The molecule has 0 saturated carbocycles. The number of hydrogen-bond donors (Lipinski definition) is 0. The van der Waals surface area contributed by atoms with Crippen molar-refractivity contribution < 1.29 is 4.39 Å². The highest BCUT2D eigenvalue weighted by atomic mass is 19.1. The van der Waals surface area contributed by atoms with Crippen LogP contribution in [-0.2, 0) is 13.1 Å². The largest absolute Gasteiger partial charge is 0.342 e. The van der Waals surface area contributed by atoms with Gasteiger partial charge in [0.25, 0.3) is 5.56 Å². The normalized spacial score (nSPS) is 11.2. The van der Waals surface area contributed by atoms with Gasteiger partial charge in [-0.15, -0.1) is 6.58 Å². The number of allylic oxidation sites excluding steroid dienone is 1. The maximum absolute atomic E-state index is 13.1. The second-order valence-corrected chi connectivity index (χ2v) is 5.94. The first-order valence-corrected chi connectivity index (χ1v) is 8.01. The Bertz CT molecular complexity index is 1090. The minimum Gasteiger partial charge on any atom is -0.342 e. The van der Waals surface area contributed by atoms with Crippen molar-refractivity contribution in [1.82, 2.24) is 14.3 Å². The number of aromatic nitrogens is 3. The maximum Gasteiger partial charge on any atom is 0.278 e. The lowest BCUT2D eigenvalue weighted by Crippen LogP contribution is -2.16. The van der Waals surface area contributed by atoms with Crippen LogP contribution in [0.1, 0.15) is 5.56 Å². The summed E-state index contributed by atoms with van der Waals surface area (Å²) in [7, 11) is 0. The molecule has 0 unspecified atom stereocenters. The Morgan fingerprint density at radius 2 is 1.88 bits per heavy atom. The summed E-state index contributed by atoms with van der Waals surface area (Å²) in [6, 6.07) is 14.2. The van der Waals surface area contributed by atoms with Gasteiger partial charge in [-0.2, -0.15) is 5.10 Å². The standard InChI is InChI=1S/C20H16FN3O/c1-2-11-24-20(25)17-13-23(12-14-7-9-15(21)10-8-14)18-6-4-3-5-16(18)19(17)22-24/h2-10,13H,1,11-12H2. The van der Waals surface area contributed by atoms with Crippen molar-refractivity contribution in [2.45, 2.75) is 13.1 Å². The SMILES string of the molecule is C=CCn1nc2c3ccccc3n(Cc3ccc(F)cc3)cc-2c1=O. The Labute approximate surface area is 143 Å². The van der Waals surface area contributed by atoms with Gasteiger partial charge in [0.2, 0.25) is 0 Å². The van der Waals surface area contributed by atoms with Gasteiger partial charge < -0.3 is 4.57 Å². The molecule has 0 aliphatic carbocycles. The molecule has 2 aliphatic heterocycles. The van der Waals surface area contributed by atoms with Gasteiger partial charge in [-0.25, -0.2) is 9.07 Å². The fourth-order valence-corrected chi connectivity index (χ4v) is 3.09. The number of nitrogens with zero attached hydrogens (tertiary/aromatic N) is 3. The third-order valence-corrected chi connectivity index (χ3v) is 4.26. The molecule has 0 atom stereocenters. The van der Waals surface area contributed by atoms with Crippen molar-refractivity contribution in [3.8, 4) is 11.3 Å². The van der Waals surface area contributed by atoms with Gasteiger partial charge in [0, 0.05) is 18.1 Å². The van der Waals surface area contributed by atoms with Crippen molar-refractivity contribution in [1.29, 1.82) is 0 Å². The van der Waals surface area contributed by atoms with Crippen molar-refractivity contribution in [3.05, 3.63) is 89.1 Å². The number of hydrogen-bond acceptors (Lipinski definition) is 2. The second-order valence-electron chi connectivity index (χ2n) is 5.94. The van der Waals surface area contributed by atoms with Crippen LogP contribution >= 0.6 is 0 Å². The molecule has 2 aromatic rings. The van der Waals surface area contributed by atoms with E-state index in [0.29, 0.717) is 24.3 Å². The summed E-state index contributed by atoms with van der Waals surface area (Å²) in [4.78, 5) is 12.6. The van der Waals surface area contributed by atoms with Crippen molar-refractivity contribution >= 4 is 10.9 Å². The Morgan fingerprint density at radius 1 is 1.12 bits per heavy atom. The molecule has 0 bridgehead atoms. The van der Waals surface area contributed by atoms with E-state index in [1.165, 1.54) is 16.8 Å². The first-order valence-electron chi connectivity index (χ1n) is 8.01. The zero-order chi connectivity index (χ0) is 17.4. The maximum atomic E-state index is 13.1. The molecule has 0 radical (unpaired) electrons. The molecule has 0 amide bonds. The minimum atomic E-state index is -0.262. The van der Waals surface area contributed by atoms with Gasteiger partial charge in [0.1, 0.15) is 11.5 Å². The highest BCUT2D eigenvalue weighted by Gasteiger charge is 2.19. The molecular formula is C20H16FN3O. The van der Waals surface area contributed by atoms with Crippen LogP contribution in [0.5, 0.6) is 0 Å². The van der Waals surface area contributed by atoms with Gasteiger partial charge >= 0.3 is 0 Å². The Morgan fingerprint density at radius 3 is 2.64 bits per heavy atom.